The maximum absolute atomic E-state index is 3.70. The van der Waals surface area contributed by atoms with Gasteiger partial charge in [0.25, 0.3) is 0 Å². The minimum Gasteiger partial charge on any atom is -0.301 e. The predicted molar refractivity (Wildman–Crippen MR) is 62.9 cm³/mol. The van der Waals surface area contributed by atoms with Crippen LogP contribution in [0.2, 0.25) is 0 Å². The van der Waals surface area contributed by atoms with Crippen LogP contribution in [0, 0.1) is 0 Å². The van der Waals surface area contributed by atoms with Crippen LogP contribution in [-0.2, 0) is 0 Å². The molecule has 1 fully saturated rings. The Morgan fingerprint density at radius 1 is 1.33 bits per heavy atom. The summed E-state index contributed by atoms with van der Waals surface area (Å²) in [5.41, 5.74) is 0. The lowest BCUT2D eigenvalue weighted by Gasteiger charge is -2.39. The molecule has 1 heterocycles. The Kier molecular flexibility index (Phi) is 3.90. The SMILES string of the molecule is C=C=IN1C[C@@H](C)N(C)C[C@@H]1C. The second-order valence-electron chi connectivity index (χ2n) is 3.44. The minimum atomic E-state index is -0.0345. The minimum absolute atomic E-state index is 0.0345. The van der Waals surface area contributed by atoms with Gasteiger partial charge in [-0.25, -0.2) is 3.11 Å². The Morgan fingerprint density at radius 2 is 2.00 bits per heavy atom. The monoisotopic (exact) mass is 280 g/mol. The summed E-state index contributed by atoms with van der Waals surface area (Å²) >= 11 is -0.0345. The second-order valence-corrected chi connectivity index (χ2v) is 5.92. The quantitative estimate of drug-likeness (QED) is 0.530. The first kappa shape index (κ1) is 10.4. The van der Waals surface area contributed by atoms with E-state index >= 15 is 0 Å². The molecule has 0 aromatic heterocycles. The number of likely N-dealkylation sites (N-methyl/N-ethyl adjacent to an activating group) is 1. The van der Waals surface area contributed by atoms with Crippen molar-refractivity contribution >= 4 is 24.7 Å². The van der Waals surface area contributed by atoms with Crippen molar-refractivity contribution in [3.05, 3.63) is 6.58 Å². The van der Waals surface area contributed by atoms with Crippen molar-refractivity contribution in [1.29, 1.82) is 0 Å². The van der Waals surface area contributed by atoms with Crippen molar-refractivity contribution in [2.45, 2.75) is 25.9 Å². The summed E-state index contributed by atoms with van der Waals surface area (Å²) in [6.45, 7) is 10.6. The maximum Gasteiger partial charge on any atom is 0.0295 e. The van der Waals surface area contributed by atoms with Gasteiger partial charge in [-0.15, -0.1) is 0 Å². The molecule has 2 atom stereocenters. The van der Waals surface area contributed by atoms with E-state index in [-0.39, 0.29) is 21.0 Å². The summed E-state index contributed by atoms with van der Waals surface area (Å²) in [7, 11) is 2.20. The molecule has 3 heteroatoms. The van der Waals surface area contributed by atoms with Gasteiger partial charge in [-0.05, 0) is 27.5 Å². The maximum atomic E-state index is 3.70. The first-order valence-corrected chi connectivity index (χ1v) is 6.32. The Hall–Kier alpha value is 0.300. The molecule has 0 N–H and O–H groups in total. The topological polar surface area (TPSA) is 6.48 Å². The Labute approximate surface area is 85.3 Å². The molecule has 0 aromatic carbocycles. The highest BCUT2D eigenvalue weighted by molar-refractivity contribution is 14.2. The summed E-state index contributed by atoms with van der Waals surface area (Å²) in [6, 6.07) is 1.38. The molecule has 0 amide bonds. The molecule has 1 aliphatic heterocycles. The van der Waals surface area contributed by atoms with E-state index in [0.717, 1.165) is 0 Å². The Bertz CT molecular complexity index is 199. The molecule has 70 valence electrons. The van der Waals surface area contributed by atoms with Crippen LogP contribution in [0.15, 0.2) is 6.58 Å². The third-order valence-electron chi connectivity index (χ3n) is 2.39. The average Bonchev–Trinajstić information content (AvgIpc) is 2.01. The molecule has 1 saturated heterocycles. The zero-order chi connectivity index (χ0) is 9.14. The van der Waals surface area contributed by atoms with Gasteiger partial charge in [0.05, 0.1) is 0 Å². The van der Waals surface area contributed by atoms with E-state index in [1.54, 1.807) is 0 Å². The smallest absolute Gasteiger partial charge is 0.0295 e. The van der Waals surface area contributed by atoms with Gasteiger partial charge >= 0.3 is 0 Å². The Morgan fingerprint density at radius 3 is 2.58 bits per heavy atom. The van der Waals surface area contributed by atoms with Crippen molar-refractivity contribution < 1.29 is 0 Å². The predicted octanol–water partition coefficient (Wildman–Crippen LogP) is 1.48. The summed E-state index contributed by atoms with van der Waals surface area (Å²) in [4.78, 5) is 2.42. The molecular formula is C9H17IN2. The fraction of sp³-hybridized carbons (Fsp3) is 0.778. The van der Waals surface area contributed by atoms with Crippen molar-refractivity contribution in [3.63, 3.8) is 0 Å². The van der Waals surface area contributed by atoms with Gasteiger partial charge in [-0.3, -0.25) is 0 Å². The van der Waals surface area contributed by atoms with E-state index in [1.165, 1.54) is 13.1 Å². The van der Waals surface area contributed by atoms with Crippen LogP contribution >= 0.6 is 21.0 Å². The third kappa shape index (κ3) is 2.39. The van der Waals surface area contributed by atoms with E-state index in [0.29, 0.717) is 12.1 Å². The highest BCUT2D eigenvalue weighted by atomic mass is 127. The molecular weight excluding hydrogens is 263 g/mol. The summed E-state index contributed by atoms with van der Waals surface area (Å²) in [5, 5.41) is 0. The van der Waals surface area contributed by atoms with Gasteiger partial charge in [-0.1, -0.05) is 3.67 Å². The highest BCUT2D eigenvalue weighted by Gasteiger charge is 2.25. The largest absolute Gasteiger partial charge is 0.301 e. The Balaban J connectivity index is 2.61. The lowest BCUT2D eigenvalue weighted by Crippen LogP contribution is -2.51. The summed E-state index contributed by atoms with van der Waals surface area (Å²) < 4.78 is 5.61. The average molecular weight is 280 g/mol. The van der Waals surface area contributed by atoms with Gasteiger partial charge in [0, 0.05) is 46.2 Å². The fourth-order valence-electron chi connectivity index (χ4n) is 1.45. The molecule has 2 nitrogen and oxygen atoms in total. The lowest BCUT2D eigenvalue weighted by molar-refractivity contribution is 0.137. The first-order valence-electron chi connectivity index (χ1n) is 4.28. The van der Waals surface area contributed by atoms with Crippen molar-refractivity contribution in [2.75, 3.05) is 20.1 Å². The van der Waals surface area contributed by atoms with Crippen molar-refractivity contribution in [2.24, 2.45) is 0 Å². The van der Waals surface area contributed by atoms with Gasteiger partial charge in [0.1, 0.15) is 0 Å². The van der Waals surface area contributed by atoms with Gasteiger partial charge in [-0.2, -0.15) is 0 Å². The molecule has 0 radical (unpaired) electrons. The number of hydrogen-bond donors (Lipinski definition) is 0. The lowest BCUT2D eigenvalue weighted by atomic mass is 10.2. The van der Waals surface area contributed by atoms with Crippen LogP contribution in [0.25, 0.3) is 0 Å². The van der Waals surface area contributed by atoms with E-state index in [9.17, 15) is 0 Å². The molecule has 0 spiro atoms. The van der Waals surface area contributed by atoms with E-state index in [1.807, 2.05) is 0 Å². The number of hydrogen-bond acceptors (Lipinski definition) is 2. The van der Waals surface area contributed by atoms with Gasteiger partial charge < -0.3 is 4.90 Å². The fourth-order valence-corrected chi connectivity index (χ4v) is 3.31. The second kappa shape index (κ2) is 4.51. The van der Waals surface area contributed by atoms with Crippen LogP contribution in [0.5, 0.6) is 0 Å². The zero-order valence-electron chi connectivity index (χ0n) is 8.05. The third-order valence-corrected chi connectivity index (χ3v) is 4.70. The van der Waals surface area contributed by atoms with E-state index in [2.05, 4.69) is 39.2 Å². The first-order chi connectivity index (χ1) is 5.65. The molecule has 0 unspecified atom stereocenters. The molecule has 1 rings (SSSR count). The number of rotatable bonds is 1. The van der Waals surface area contributed by atoms with Crippen LogP contribution in [-0.4, -0.2) is 43.9 Å². The van der Waals surface area contributed by atoms with Gasteiger partial charge in [0.15, 0.2) is 0 Å². The standard InChI is InChI=1S/C9H17IN2/c1-5-10-12-7-8(2)11(4)6-9(12)3/h8-9H,1,6-7H2,2-4H3/t8-,9+/m1/s1. The van der Waals surface area contributed by atoms with Crippen LogP contribution in [0.1, 0.15) is 13.8 Å². The van der Waals surface area contributed by atoms with Crippen molar-refractivity contribution in [3.8, 4) is 0 Å². The molecule has 0 saturated carbocycles. The molecule has 0 aliphatic carbocycles. The van der Waals surface area contributed by atoms with E-state index < -0.39 is 0 Å². The number of piperazine rings is 1. The number of halogens is 1. The molecule has 12 heavy (non-hydrogen) atoms. The number of nitrogens with zero attached hydrogens (tertiary/aromatic N) is 2. The van der Waals surface area contributed by atoms with Crippen LogP contribution < -0.4 is 0 Å². The van der Waals surface area contributed by atoms with Crippen LogP contribution in [0.4, 0.5) is 0 Å². The molecule has 1 aliphatic rings. The summed E-state index contributed by atoms with van der Waals surface area (Å²) in [5.74, 6) is 0. The zero-order valence-corrected chi connectivity index (χ0v) is 10.2. The van der Waals surface area contributed by atoms with Crippen molar-refractivity contribution in [1.82, 2.24) is 8.01 Å². The highest BCUT2D eigenvalue weighted by Crippen LogP contribution is 2.19. The summed E-state index contributed by atoms with van der Waals surface area (Å²) in [6.07, 6.45) is 0. The van der Waals surface area contributed by atoms with Gasteiger partial charge in [0.2, 0.25) is 0 Å². The molecule has 0 aromatic rings. The van der Waals surface area contributed by atoms with Crippen LogP contribution in [0.3, 0.4) is 0 Å². The van der Waals surface area contributed by atoms with E-state index in [4.69, 9.17) is 0 Å². The normalized spacial score (nSPS) is 33.2. The molecule has 0 bridgehead atoms.